The highest BCUT2D eigenvalue weighted by Gasteiger charge is 2.39. The predicted octanol–water partition coefficient (Wildman–Crippen LogP) is 4.16. The number of alkyl halides is 3. The van der Waals surface area contributed by atoms with E-state index in [0.717, 1.165) is 38.5 Å². The van der Waals surface area contributed by atoms with Gasteiger partial charge in [0, 0.05) is 45.1 Å². The van der Waals surface area contributed by atoms with E-state index in [9.17, 15) is 18.0 Å². The predicted molar refractivity (Wildman–Crippen MR) is 108 cm³/mol. The Bertz CT molecular complexity index is 727. The average Bonchev–Trinajstić information content (AvgIpc) is 3.38. The first-order valence-electron chi connectivity index (χ1n) is 11.1. The number of likely N-dealkylation sites (tertiary alicyclic amines) is 1. The molecule has 1 aromatic rings. The van der Waals surface area contributed by atoms with Crippen molar-refractivity contribution in [3.8, 4) is 0 Å². The lowest BCUT2D eigenvalue weighted by Crippen LogP contribution is -2.41. The summed E-state index contributed by atoms with van der Waals surface area (Å²) in [5.74, 6) is 0.716. The molecule has 1 amide bonds. The quantitative estimate of drug-likeness (QED) is 0.712. The monoisotopic (exact) mass is 424 g/mol. The fourth-order valence-electron chi connectivity index (χ4n) is 5.29. The van der Waals surface area contributed by atoms with E-state index >= 15 is 0 Å². The van der Waals surface area contributed by atoms with E-state index in [4.69, 9.17) is 4.74 Å². The fourth-order valence-corrected chi connectivity index (χ4v) is 5.29. The Balaban J connectivity index is 1.51. The van der Waals surface area contributed by atoms with E-state index in [-0.39, 0.29) is 17.7 Å². The summed E-state index contributed by atoms with van der Waals surface area (Å²) >= 11 is 0. The zero-order valence-electron chi connectivity index (χ0n) is 17.4. The van der Waals surface area contributed by atoms with Crippen LogP contribution in [0.25, 0.3) is 0 Å². The van der Waals surface area contributed by atoms with E-state index < -0.39 is 11.7 Å². The molecule has 166 valence electrons. The Morgan fingerprint density at radius 2 is 1.83 bits per heavy atom. The summed E-state index contributed by atoms with van der Waals surface area (Å²) in [5.41, 5.74) is 0.0834. The maximum absolute atomic E-state index is 13.3. The van der Waals surface area contributed by atoms with Crippen molar-refractivity contribution in [1.29, 1.82) is 0 Å². The molecular weight excluding hydrogens is 393 g/mol. The van der Waals surface area contributed by atoms with Gasteiger partial charge in [-0.2, -0.15) is 13.2 Å². The summed E-state index contributed by atoms with van der Waals surface area (Å²) in [4.78, 5) is 17.2. The number of nitrogens with zero attached hydrogens (tertiary/aromatic N) is 2. The Hall–Kier alpha value is -1.60. The number of carbonyl (C=O) groups excluding carboxylic acids is 1. The Labute approximate surface area is 176 Å². The van der Waals surface area contributed by atoms with Gasteiger partial charge in [-0.15, -0.1) is 0 Å². The van der Waals surface area contributed by atoms with Crippen LogP contribution in [0.2, 0.25) is 0 Å². The molecule has 0 spiro atoms. The molecule has 2 aliphatic heterocycles. The molecule has 3 fully saturated rings. The fraction of sp³-hybridized carbons (Fsp3) is 0.696. The van der Waals surface area contributed by atoms with Crippen molar-refractivity contribution in [1.82, 2.24) is 9.80 Å². The van der Waals surface area contributed by atoms with Crippen LogP contribution in [0.5, 0.6) is 0 Å². The van der Waals surface area contributed by atoms with Crippen molar-refractivity contribution in [2.75, 3.05) is 45.9 Å². The van der Waals surface area contributed by atoms with E-state index in [1.165, 1.54) is 25.0 Å². The van der Waals surface area contributed by atoms with Crippen molar-refractivity contribution < 1.29 is 22.7 Å². The van der Waals surface area contributed by atoms with Crippen LogP contribution in [0.3, 0.4) is 0 Å². The third kappa shape index (κ3) is 5.17. The number of benzene rings is 1. The normalized spacial score (nSPS) is 26.4. The van der Waals surface area contributed by atoms with Gasteiger partial charge in [0.05, 0.1) is 18.8 Å². The molecule has 7 heteroatoms. The van der Waals surface area contributed by atoms with Gasteiger partial charge in [0.2, 0.25) is 5.91 Å². The first-order chi connectivity index (χ1) is 14.4. The summed E-state index contributed by atoms with van der Waals surface area (Å²) in [6.45, 7) is 4.98. The van der Waals surface area contributed by atoms with Crippen LogP contribution >= 0.6 is 0 Å². The molecule has 4 nitrogen and oxygen atoms in total. The van der Waals surface area contributed by atoms with Gasteiger partial charge in [-0.3, -0.25) is 9.69 Å². The number of morpholine rings is 1. The Morgan fingerprint density at radius 3 is 2.53 bits per heavy atom. The molecule has 3 aliphatic rings. The topological polar surface area (TPSA) is 32.8 Å². The molecule has 2 heterocycles. The minimum absolute atomic E-state index is 0.0670. The largest absolute Gasteiger partial charge is 0.416 e. The lowest BCUT2D eigenvalue weighted by Gasteiger charge is -2.31. The highest BCUT2D eigenvalue weighted by atomic mass is 19.4. The lowest BCUT2D eigenvalue weighted by molar-refractivity contribution is -0.137. The molecule has 2 saturated heterocycles. The van der Waals surface area contributed by atoms with E-state index in [1.807, 2.05) is 4.90 Å². The zero-order valence-corrected chi connectivity index (χ0v) is 17.4. The Kier molecular flexibility index (Phi) is 6.68. The van der Waals surface area contributed by atoms with Crippen LogP contribution < -0.4 is 0 Å². The summed E-state index contributed by atoms with van der Waals surface area (Å²) in [7, 11) is 0. The first-order valence-corrected chi connectivity index (χ1v) is 11.1. The SMILES string of the molecule is O=C(CC1CCCC1)N1CC(CN2CCOCC2)C(c2cccc(C(F)(F)F)c2)C1. The molecule has 0 bridgehead atoms. The van der Waals surface area contributed by atoms with E-state index in [2.05, 4.69) is 4.90 Å². The van der Waals surface area contributed by atoms with Gasteiger partial charge in [0.1, 0.15) is 0 Å². The number of hydrogen-bond donors (Lipinski definition) is 0. The van der Waals surface area contributed by atoms with Crippen LogP contribution in [0, 0.1) is 11.8 Å². The maximum Gasteiger partial charge on any atom is 0.416 e. The average molecular weight is 425 g/mol. The van der Waals surface area contributed by atoms with Crippen molar-refractivity contribution >= 4 is 5.91 Å². The molecule has 0 radical (unpaired) electrons. The molecule has 1 saturated carbocycles. The van der Waals surface area contributed by atoms with Crippen LogP contribution in [0.4, 0.5) is 13.2 Å². The molecule has 0 N–H and O–H groups in total. The van der Waals surface area contributed by atoms with Crippen LogP contribution in [0.1, 0.15) is 49.1 Å². The molecule has 1 aromatic carbocycles. The van der Waals surface area contributed by atoms with Crippen molar-refractivity contribution in [2.45, 2.75) is 44.2 Å². The molecule has 4 rings (SSSR count). The van der Waals surface area contributed by atoms with Crippen LogP contribution in [-0.2, 0) is 15.7 Å². The number of ether oxygens (including phenoxy) is 1. The minimum atomic E-state index is -4.35. The van der Waals surface area contributed by atoms with Gasteiger partial charge in [-0.1, -0.05) is 31.0 Å². The molecular formula is C23H31F3N2O2. The summed E-state index contributed by atoms with van der Waals surface area (Å²) in [6, 6.07) is 5.69. The number of hydrogen-bond acceptors (Lipinski definition) is 3. The van der Waals surface area contributed by atoms with Gasteiger partial charge >= 0.3 is 6.18 Å². The summed E-state index contributed by atoms with van der Waals surface area (Å²) < 4.78 is 45.2. The highest BCUT2D eigenvalue weighted by molar-refractivity contribution is 5.77. The summed E-state index contributed by atoms with van der Waals surface area (Å²) in [6.07, 6.45) is 0.864. The van der Waals surface area contributed by atoms with Gasteiger partial charge in [0.25, 0.3) is 0 Å². The van der Waals surface area contributed by atoms with Crippen molar-refractivity contribution in [3.05, 3.63) is 35.4 Å². The molecule has 1 aliphatic carbocycles. The second-order valence-electron chi connectivity index (χ2n) is 9.06. The van der Waals surface area contributed by atoms with Crippen molar-refractivity contribution in [2.24, 2.45) is 11.8 Å². The van der Waals surface area contributed by atoms with Gasteiger partial charge < -0.3 is 9.64 Å². The Morgan fingerprint density at radius 1 is 1.10 bits per heavy atom. The molecule has 2 atom stereocenters. The zero-order chi connectivity index (χ0) is 21.1. The molecule has 30 heavy (non-hydrogen) atoms. The second-order valence-corrected chi connectivity index (χ2v) is 9.06. The minimum Gasteiger partial charge on any atom is -0.379 e. The second kappa shape index (κ2) is 9.27. The van der Waals surface area contributed by atoms with Gasteiger partial charge in [0.15, 0.2) is 0 Å². The van der Waals surface area contributed by atoms with E-state index in [0.29, 0.717) is 44.2 Å². The van der Waals surface area contributed by atoms with Crippen LogP contribution in [0.15, 0.2) is 24.3 Å². The number of amides is 1. The van der Waals surface area contributed by atoms with Crippen LogP contribution in [-0.4, -0.2) is 61.6 Å². The standard InChI is InChI=1S/C23H31F3N2O2/c24-23(25,26)20-7-3-6-18(13-20)21-16-28(22(29)12-17-4-1-2-5-17)15-19(21)14-27-8-10-30-11-9-27/h3,6-7,13,17,19,21H,1-2,4-5,8-12,14-16H2. The van der Waals surface area contributed by atoms with Crippen molar-refractivity contribution in [3.63, 3.8) is 0 Å². The lowest BCUT2D eigenvalue weighted by atomic mass is 9.87. The molecule has 2 unspecified atom stereocenters. The smallest absolute Gasteiger partial charge is 0.379 e. The highest BCUT2D eigenvalue weighted by Crippen LogP contribution is 2.38. The summed E-state index contributed by atoms with van der Waals surface area (Å²) in [5, 5.41) is 0. The van der Waals surface area contributed by atoms with Gasteiger partial charge in [-0.05, 0) is 36.3 Å². The molecule has 0 aromatic heterocycles. The third-order valence-corrected chi connectivity index (χ3v) is 6.97. The number of halogens is 3. The number of carbonyl (C=O) groups is 1. The van der Waals surface area contributed by atoms with E-state index in [1.54, 1.807) is 6.07 Å². The maximum atomic E-state index is 13.3. The first kappa shape index (κ1) is 21.6. The van der Waals surface area contributed by atoms with Gasteiger partial charge in [-0.25, -0.2) is 0 Å². The third-order valence-electron chi connectivity index (χ3n) is 6.97. The number of rotatable bonds is 5.